The Balaban J connectivity index is 2.06. The van der Waals surface area contributed by atoms with E-state index in [0.717, 1.165) is 19.3 Å². The van der Waals surface area contributed by atoms with E-state index in [-0.39, 0.29) is 17.9 Å². The van der Waals surface area contributed by atoms with Crippen LogP contribution in [0, 0.1) is 17.8 Å². The number of carbonyl (C=O) groups is 2. The Bertz CT molecular complexity index is 669. The van der Waals surface area contributed by atoms with Crippen LogP contribution in [0.15, 0.2) is 30.4 Å². The largest absolute Gasteiger partial charge is 0.269 e. The van der Waals surface area contributed by atoms with Crippen LogP contribution in [0.3, 0.4) is 0 Å². The van der Waals surface area contributed by atoms with Crippen LogP contribution in [-0.2, 0) is 22.4 Å². The Morgan fingerprint density at radius 1 is 1.04 bits per heavy atom. The first-order valence-electron chi connectivity index (χ1n) is 9.04. The molecular formula is C21H27NO2. The van der Waals surface area contributed by atoms with Crippen LogP contribution in [0.2, 0.25) is 0 Å². The number of hydrogen-bond donors (Lipinski definition) is 0. The first kappa shape index (κ1) is 16.9. The molecule has 2 atom stereocenters. The topological polar surface area (TPSA) is 37.4 Å². The maximum atomic E-state index is 12.4. The van der Waals surface area contributed by atoms with Gasteiger partial charge in [0.05, 0.1) is 6.04 Å². The van der Waals surface area contributed by atoms with E-state index in [4.69, 9.17) is 0 Å². The lowest BCUT2D eigenvalue weighted by Crippen LogP contribution is -2.37. The van der Waals surface area contributed by atoms with E-state index in [9.17, 15) is 9.59 Å². The molecule has 1 aliphatic heterocycles. The summed E-state index contributed by atoms with van der Waals surface area (Å²) in [4.78, 5) is 26.2. The molecule has 2 amide bonds. The lowest BCUT2D eigenvalue weighted by molar-refractivity contribution is -0.140. The van der Waals surface area contributed by atoms with Gasteiger partial charge in [-0.3, -0.25) is 14.5 Å². The molecule has 1 heterocycles. The number of amides is 2. The minimum absolute atomic E-state index is 0.104. The Morgan fingerprint density at radius 2 is 1.71 bits per heavy atom. The molecule has 24 heavy (non-hydrogen) atoms. The molecule has 3 heteroatoms. The molecule has 1 aromatic rings. The summed E-state index contributed by atoms with van der Waals surface area (Å²) in [5, 5.41) is 0. The highest BCUT2D eigenvalue weighted by atomic mass is 16.2. The van der Waals surface area contributed by atoms with E-state index in [0.29, 0.717) is 17.8 Å². The predicted octanol–water partition coefficient (Wildman–Crippen LogP) is 4.07. The second-order valence-corrected chi connectivity index (χ2v) is 8.01. The van der Waals surface area contributed by atoms with Crippen molar-refractivity contribution in [3.05, 3.63) is 47.0 Å². The summed E-state index contributed by atoms with van der Waals surface area (Å²) in [5.41, 5.74) is 3.85. The molecule has 3 rings (SSSR count). The van der Waals surface area contributed by atoms with Crippen molar-refractivity contribution in [2.24, 2.45) is 17.8 Å². The van der Waals surface area contributed by atoms with Crippen LogP contribution in [0.4, 0.5) is 0 Å². The highest BCUT2D eigenvalue weighted by Crippen LogP contribution is 2.46. The molecule has 1 aliphatic carbocycles. The van der Waals surface area contributed by atoms with Gasteiger partial charge in [0.15, 0.2) is 0 Å². The molecule has 0 radical (unpaired) electrons. The zero-order valence-corrected chi connectivity index (χ0v) is 15.1. The summed E-state index contributed by atoms with van der Waals surface area (Å²) in [7, 11) is 0. The van der Waals surface area contributed by atoms with Crippen LogP contribution in [0.25, 0.3) is 0 Å². The third-order valence-electron chi connectivity index (χ3n) is 5.03. The first-order valence-corrected chi connectivity index (χ1v) is 9.04. The molecule has 1 aromatic carbocycles. The van der Waals surface area contributed by atoms with Gasteiger partial charge in [-0.1, -0.05) is 45.9 Å². The second-order valence-electron chi connectivity index (χ2n) is 8.01. The number of nitrogens with zero attached hydrogens (tertiary/aromatic N) is 1. The first-order chi connectivity index (χ1) is 11.4. The van der Waals surface area contributed by atoms with Crippen LogP contribution >= 0.6 is 0 Å². The maximum absolute atomic E-state index is 12.4. The smallest absolute Gasteiger partial charge is 0.254 e. The molecule has 128 valence electrons. The van der Waals surface area contributed by atoms with E-state index in [2.05, 4.69) is 45.9 Å². The zero-order valence-electron chi connectivity index (χ0n) is 15.1. The van der Waals surface area contributed by atoms with Gasteiger partial charge in [0.2, 0.25) is 0 Å². The lowest BCUT2D eigenvalue weighted by atomic mass is 9.87. The minimum Gasteiger partial charge on any atom is -0.269 e. The standard InChI is InChI=1S/C21H27NO2/c1-13(2)10-15-6-5-7-16-12-17(11-14(3)4)21(20(15)16)22-18(23)8-9-19(22)24/h5-9,13-14,17,21H,10-12H2,1-4H3/t17-,21-/m0/s1. The van der Waals surface area contributed by atoms with Crippen molar-refractivity contribution in [1.82, 2.24) is 4.90 Å². The fourth-order valence-corrected chi connectivity index (χ4v) is 4.32. The number of carbonyl (C=O) groups excluding carboxylic acids is 2. The minimum atomic E-state index is -0.161. The summed E-state index contributed by atoms with van der Waals surface area (Å²) in [6.07, 6.45) is 5.80. The molecule has 0 spiro atoms. The molecule has 0 aromatic heterocycles. The average Bonchev–Trinajstić information content (AvgIpc) is 2.98. The Hall–Kier alpha value is -1.90. The Kier molecular flexibility index (Phi) is 4.62. The number of hydrogen-bond acceptors (Lipinski definition) is 2. The molecule has 0 saturated heterocycles. The fraction of sp³-hybridized carbons (Fsp3) is 0.524. The fourth-order valence-electron chi connectivity index (χ4n) is 4.32. The van der Waals surface area contributed by atoms with Crippen LogP contribution < -0.4 is 0 Å². The highest BCUT2D eigenvalue weighted by molar-refractivity contribution is 6.13. The average molecular weight is 325 g/mol. The molecule has 0 N–H and O–H groups in total. The van der Waals surface area contributed by atoms with Crippen LogP contribution in [-0.4, -0.2) is 16.7 Å². The highest BCUT2D eigenvalue weighted by Gasteiger charge is 2.43. The van der Waals surface area contributed by atoms with Crippen LogP contribution in [0.5, 0.6) is 0 Å². The maximum Gasteiger partial charge on any atom is 0.254 e. The lowest BCUT2D eigenvalue weighted by Gasteiger charge is -2.31. The van der Waals surface area contributed by atoms with E-state index >= 15 is 0 Å². The van der Waals surface area contributed by atoms with Crippen molar-refractivity contribution in [3.63, 3.8) is 0 Å². The third kappa shape index (κ3) is 3.04. The summed E-state index contributed by atoms with van der Waals surface area (Å²) >= 11 is 0. The monoisotopic (exact) mass is 325 g/mol. The number of imide groups is 1. The molecular weight excluding hydrogens is 298 g/mol. The zero-order chi connectivity index (χ0) is 17.4. The SMILES string of the molecule is CC(C)Cc1cccc2c1[C@@H](N1C(=O)C=CC1=O)[C@@H](CC(C)C)C2. The predicted molar refractivity (Wildman–Crippen MR) is 95.4 cm³/mol. The van der Waals surface area contributed by atoms with Gasteiger partial charge in [-0.2, -0.15) is 0 Å². The molecule has 3 nitrogen and oxygen atoms in total. The molecule has 0 saturated carbocycles. The third-order valence-corrected chi connectivity index (χ3v) is 5.03. The number of rotatable bonds is 5. The molecule has 2 aliphatic rings. The van der Waals surface area contributed by atoms with Gasteiger partial charge in [0.25, 0.3) is 11.8 Å². The summed E-state index contributed by atoms with van der Waals surface area (Å²) in [6.45, 7) is 8.84. The number of benzene rings is 1. The van der Waals surface area contributed by atoms with E-state index in [1.54, 1.807) is 0 Å². The van der Waals surface area contributed by atoms with Gasteiger partial charge < -0.3 is 0 Å². The summed E-state index contributed by atoms with van der Waals surface area (Å²) in [6, 6.07) is 6.36. The number of fused-ring (bicyclic) bond motifs is 1. The Labute approximate surface area is 144 Å². The summed E-state index contributed by atoms with van der Waals surface area (Å²) < 4.78 is 0. The van der Waals surface area contributed by atoms with Gasteiger partial charge in [-0.15, -0.1) is 0 Å². The van der Waals surface area contributed by atoms with E-state index in [1.807, 2.05) is 0 Å². The van der Waals surface area contributed by atoms with Crippen molar-refractivity contribution < 1.29 is 9.59 Å². The van der Waals surface area contributed by atoms with Crippen molar-refractivity contribution in [2.45, 2.75) is 53.0 Å². The quantitative estimate of drug-likeness (QED) is 0.765. The van der Waals surface area contributed by atoms with Crippen molar-refractivity contribution >= 4 is 11.8 Å². The Morgan fingerprint density at radius 3 is 2.29 bits per heavy atom. The van der Waals surface area contributed by atoms with Gasteiger partial charge in [-0.25, -0.2) is 0 Å². The van der Waals surface area contributed by atoms with Gasteiger partial charge in [-0.05, 0) is 53.7 Å². The normalized spacial score (nSPS) is 23.0. The molecule has 0 unspecified atom stereocenters. The van der Waals surface area contributed by atoms with Gasteiger partial charge in [0, 0.05) is 12.2 Å². The van der Waals surface area contributed by atoms with Crippen LogP contribution in [0.1, 0.15) is 56.8 Å². The summed E-state index contributed by atoms with van der Waals surface area (Å²) in [5.74, 6) is 1.09. The van der Waals surface area contributed by atoms with Crippen molar-refractivity contribution in [1.29, 1.82) is 0 Å². The molecule has 0 fully saturated rings. The van der Waals surface area contributed by atoms with Gasteiger partial charge >= 0.3 is 0 Å². The van der Waals surface area contributed by atoms with E-state index < -0.39 is 0 Å². The molecule has 0 bridgehead atoms. The van der Waals surface area contributed by atoms with Crippen molar-refractivity contribution in [2.75, 3.05) is 0 Å². The van der Waals surface area contributed by atoms with Gasteiger partial charge in [0.1, 0.15) is 0 Å². The van der Waals surface area contributed by atoms with Crippen molar-refractivity contribution in [3.8, 4) is 0 Å². The second kappa shape index (κ2) is 6.54. The van der Waals surface area contributed by atoms with E-state index in [1.165, 1.54) is 33.7 Å².